The molecule has 122 valence electrons. The van der Waals surface area contributed by atoms with Gasteiger partial charge in [0.15, 0.2) is 0 Å². The van der Waals surface area contributed by atoms with Crippen LogP contribution in [-0.2, 0) is 20.8 Å². The number of nitrogens with zero attached hydrogens (tertiary/aromatic N) is 1. The van der Waals surface area contributed by atoms with Gasteiger partial charge in [0.2, 0.25) is 5.91 Å². The number of carbonyl (C=O) groups is 1. The molecule has 3 heterocycles. The fourth-order valence-electron chi connectivity index (χ4n) is 3.51. The van der Waals surface area contributed by atoms with E-state index in [1.165, 1.54) is 5.56 Å². The van der Waals surface area contributed by atoms with Gasteiger partial charge in [-0.05, 0) is 28.8 Å². The van der Waals surface area contributed by atoms with Crippen molar-refractivity contribution in [3.8, 4) is 0 Å². The van der Waals surface area contributed by atoms with Gasteiger partial charge in [0.1, 0.15) is 0 Å². The topological polar surface area (TPSA) is 50.8 Å². The highest BCUT2D eigenvalue weighted by atomic mass is 32.1. The van der Waals surface area contributed by atoms with Gasteiger partial charge >= 0.3 is 0 Å². The first-order valence-electron chi connectivity index (χ1n) is 7.89. The lowest BCUT2D eigenvalue weighted by Gasteiger charge is -2.39. The van der Waals surface area contributed by atoms with Crippen molar-refractivity contribution < 1.29 is 14.3 Å². The van der Waals surface area contributed by atoms with Gasteiger partial charge in [-0.25, -0.2) is 0 Å². The Labute approximate surface area is 135 Å². The van der Waals surface area contributed by atoms with Gasteiger partial charge in [-0.2, -0.15) is 11.3 Å². The minimum Gasteiger partial charge on any atom is -0.383 e. The maximum absolute atomic E-state index is 12.5. The van der Waals surface area contributed by atoms with E-state index in [1.807, 2.05) is 0 Å². The van der Waals surface area contributed by atoms with Crippen LogP contribution in [0.2, 0.25) is 0 Å². The van der Waals surface area contributed by atoms with E-state index in [1.54, 1.807) is 18.4 Å². The molecule has 1 amide bonds. The van der Waals surface area contributed by atoms with Gasteiger partial charge in [-0.3, -0.25) is 9.69 Å². The normalized spacial score (nSPS) is 28.5. The van der Waals surface area contributed by atoms with Crippen LogP contribution < -0.4 is 5.32 Å². The maximum atomic E-state index is 12.5. The molecule has 1 N–H and O–H groups in total. The number of rotatable bonds is 6. The Morgan fingerprint density at radius 1 is 1.55 bits per heavy atom. The monoisotopic (exact) mass is 324 g/mol. The summed E-state index contributed by atoms with van der Waals surface area (Å²) in [5.74, 6) is 0.533. The molecular weight excluding hydrogens is 300 g/mol. The van der Waals surface area contributed by atoms with Gasteiger partial charge in [0.25, 0.3) is 0 Å². The number of hydrogen-bond donors (Lipinski definition) is 1. The number of methoxy groups -OCH3 is 1. The predicted molar refractivity (Wildman–Crippen MR) is 85.8 cm³/mol. The van der Waals surface area contributed by atoms with E-state index in [4.69, 9.17) is 9.47 Å². The Bertz CT molecular complexity index is 480. The second-order valence-electron chi connectivity index (χ2n) is 6.08. The zero-order valence-electron chi connectivity index (χ0n) is 13.0. The molecule has 0 aromatic carbocycles. The summed E-state index contributed by atoms with van der Waals surface area (Å²) in [5, 5.41) is 7.28. The standard InChI is InChI=1S/C16H24N2O3S/c1-20-6-4-17-16(19)14-9-18(8-12-3-7-22-11-12)10-15-13(14)2-5-21-15/h3,7,11,13-15H,2,4-6,8-10H2,1H3,(H,17,19)/t13-,14-,15+/m0/s1. The van der Waals surface area contributed by atoms with E-state index in [9.17, 15) is 4.79 Å². The van der Waals surface area contributed by atoms with Crippen molar-refractivity contribution in [1.82, 2.24) is 10.2 Å². The minimum absolute atomic E-state index is 0.0248. The number of piperidine rings is 1. The molecule has 3 atom stereocenters. The molecule has 0 saturated carbocycles. The van der Waals surface area contributed by atoms with Crippen molar-refractivity contribution in [3.63, 3.8) is 0 Å². The van der Waals surface area contributed by atoms with E-state index in [-0.39, 0.29) is 17.9 Å². The first-order valence-corrected chi connectivity index (χ1v) is 8.84. The highest BCUT2D eigenvalue weighted by Gasteiger charge is 2.43. The number of ether oxygens (including phenoxy) is 2. The number of nitrogens with one attached hydrogen (secondary N) is 1. The van der Waals surface area contributed by atoms with Crippen LogP contribution in [0.1, 0.15) is 12.0 Å². The Morgan fingerprint density at radius 3 is 3.23 bits per heavy atom. The zero-order valence-corrected chi connectivity index (χ0v) is 13.8. The molecule has 1 aromatic rings. The third-order valence-electron chi connectivity index (χ3n) is 4.60. The molecule has 0 unspecified atom stereocenters. The van der Waals surface area contributed by atoms with Gasteiger partial charge in [-0.1, -0.05) is 0 Å². The molecule has 3 rings (SSSR count). The smallest absolute Gasteiger partial charge is 0.224 e. The Morgan fingerprint density at radius 2 is 2.45 bits per heavy atom. The molecule has 22 heavy (non-hydrogen) atoms. The van der Waals surface area contributed by atoms with Crippen LogP contribution in [0.25, 0.3) is 0 Å². The first-order chi connectivity index (χ1) is 10.8. The van der Waals surface area contributed by atoms with Crippen molar-refractivity contribution in [2.75, 3.05) is 40.0 Å². The summed E-state index contributed by atoms with van der Waals surface area (Å²) in [5.41, 5.74) is 1.32. The lowest BCUT2D eigenvalue weighted by molar-refractivity contribution is -0.131. The predicted octanol–water partition coefficient (Wildman–Crippen LogP) is 1.35. The quantitative estimate of drug-likeness (QED) is 0.803. The number of likely N-dealkylation sites (tertiary alicyclic amines) is 1. The summed E-state index contributed by atoms with van der Waals surface area (Å²) in [4.78, 5) is 14.9. The number of hydrogen-bond acceptors (Lipinski definition) is 5. The second kappa shape index (κ2) is 7.55. The number of thiophene rings is 1. The molecule has 2 saturated heterocycles. The van der Waals surface area contributed by atoms with E-state index >= 15 is 0 Å². The largest absolute Gasteiger partial charge is 0.383 e. The van der Waals surface area contributed by atoms with E-state index in [0.717, 1.165) is 32.7 Å². The fourth-order valence-corrected chi connectivity index (χ4v) is 4.17. The van der Waals surface area contributed by atoms with Crippen molar-refractivity contribution in [1.29, 1.82) is 0 Å². The van der Waals surface area contributed by atoms with Crippen LogP contribution in [0.4, 0.5) is 0 Å². The molecule has 1 aromatic heterocycles. The number of carbonyl (C=O) groups excluding carboxylic acids is 1. The molecule has 2 fully saturated rings. The lowest BCUT2D eigenvalue weighted by atomic mass is 9.82. The van der Waals surface area contributed by atoms with Gasteiger partial charge in [0, 0.05) is 45.8 Å². The Kier molecular flexibility index (Phi) is 5.46. The fraction of sp³-hybridized carbons (Fsp3) is 0.688. The van der Waals surface area contributed by atoms with E-state index in [0.29, 0.717) is 19.1 Å². The second-order valence-corrected chi connectivity index (χ2v) is 6.86. The minimum atomic E-state index is 0.0248. The van der Waals surface area contributed by atoms with Crippen molar-refractivity contribution >= 4 is 17.2 Å². The molecule has 2 aliphatic heterocycles. The third-order valence-corrected chi connectivity index (χ3v) is 5.33. The summed E-state index contributed by atoms with van der Waals surface area (Å²) in [6.07, 6.45) is 1.20. The average Bonchev–Trinajstić information content (AvgIpc) is 3.17. The highest BCUT2D eigenvalue weighted by molar-refractivity contribution is 7.07. The molecule has 0 aliphatic carbocycles. The maximum Gasteiger partial charge on any atom is 0.224 e. The zero-order chi connectivity index (χ0) is 15.4. The third kappa shape index (κ3) is 3.68. The van der Waals surface area contributed by atoms with Crippen molar-refractivity contribution in [2.45, 2.75) is 19.1 Å². The summed E-state index contributed by atoms with van der Waals surface area (Å²) in [6, 6.07) is 2.15. The van der Waals surface area contributed by atoms with Gasteiger partial charge in [-0.15, -0.1) is 0 Å². The highest BCUT2D eigenvalue weighted by Crippen LogP contribution is 2.34. The van der Waals surface area contributed by atoms with Crippen molar-refractivity contribution in [3.05, 3.63) is 22.4 Å². The van der Waals surface area contributed by atoms with Crippen LogP contribution in [0, 0.1) is 11.8 Å². The lowest BCUT2D eigenvalue weighted by Crippen LogP contribution is -2.52. The van der Waals surface area contributed by atoms with Crippen LogP contribution in [0.5, 0.6) is 0 Å². The van der Waals surface area contributed by atoms with Crippen molar-refractivity contribution in [2.24, 2.45) is 11.8 Å². The van der Waals surface area contributed by atoms with Crippen LogP contribution in [0.3, 0.4) is 0 Å². The molecule has 2 aliphatic rings. The number of amides is 1. The SMILES string of the molecule is COCCNC(=O)[C@H]1CN(Cc2ccsc2)C[C@H]2OCC[C@@H]12. The summed E-state index contributed by atoms with van der Waals surface area (Å²) in [7, 11) is 1.65. The van der Waals surface area contributed by atoms with Gasteiger partial charge in [0.05, 0.1) is 18.6 Å². The average molecular weight is 324 g/mol. The van der Waals surface area contributed by atoms with Crippen LogP contribution in [-0.4, -0.2) is 56.9 Å². The molecule has 6 heteroatoms. The van der Waals surface area contributed by atoms with Gasteiger partial charge < -0.3 is 14.8 Å². The molecule has 0 spiro atoms. The van der Waals surface area contributed by atoms with Crippen LogP contribution in [0.15, 0.2) is 16.8 Å². The molecule has 0 radical (unpaired) electrons. The van der Waals surface area contributed by atoms with E-state index in [2.05, 4.69) is 27.0 Å². The first kappa shape index (κ1) is 15.9. The summed E-state index contributed by atoms with van der Waals surface area (Å²) >= 11 is 1.72. The number of fused-ring (bicyclic) bond motifs is 1. The molecular formula is C16H24N2O3S. The Balaban J connectivity index is 1.63. The molecule has 5 nitrogen and oxygen atoms in total. The Hall–Kier alpha value is -0.950. The summed E-state index contributed by atoms with van der Waals surface area (Å²) in [6.45, 7) is 4.57. The summed E-state index contributed by atoms with van der Waals surface area (Å²) < 4.78 is 10.9. The van der Waals surface area contributed by atoms with Crippen LogP contribution >= 0.6 is 11.3 Å². The molecule has 0 bridgehead atoms. The van der Waals surface area contributed by atoms with E-state index < -0.39 is 0 Å².